The molecule has 1 fully saturated rings. The van der Waals surface area contributed by atoms with Gasteiger partial charge < -0.3 is 19.6 Å². The van der Waals surface area contributed by atoms with E-state index in [0.717, 1.165) is 12.1 Å². The van der Waals surface area contributed by atoms with Crippen molar-refractivity contribution >= 4 is 17.6 Å². The van der Waals surface area contributed by atoms with E-state index < -0.39 is 53.6 Å². The second-order valence-electron chi connectivity index (χ2n) is 6.93. The summed E-state index contributed by atoms with van der Waals surface area (Å²) in [6.45, 7) is 0.402. The monoisotopic (exact) mass is 418 g/mol. The maximum Gasteiger partial charge on any atom is 0.335 e. The summed E-state index contributed by atoms with van der Waals surface area (Å²) in [5.41, 5.74) is -3.03. The number of oxime groups is 1. The Balaban J connectivity index is 1.77. The highest BCUT2D eigenvalue weighted by Crippen LogP contribution is 2.40. The molecular formula is C18H18F4N2O5. The molecule has 0 aromatic heterocycles. The number of nitrogens with zero attached hydrogens (tertiary/aromatic N) is 1. The van der Waals surface area contributed by atoms with E-state index in [0.29, 0.717) is 13.0 Å². The molecule has 1 N–H and O–H groups in total. The Morgan fingerprint density at radius 2 is 1.93 bits per heavy atom. The van der Waals surface area contributed by atoms with E-state index in [1.807, 2.05) is 0 Å². The number of carbonyl (C=O) groups excluding carboxylic acids is 2. The van der Waals surface area contributed by atoms with E-state index in [1.165, 1.54) is 7.11 Å². The SMILES string of the molecule is COC(=O)[C@H]1C[C@@H](NC(=O)[C@@]2(C(C)(F)F)CC(c3cc(F)cc(F)c3)=NO2)CO1. The number of hydrogen-bond donors (Lipinski definition) is 1. The molecule has 29 heavy (non-hydrogen) atoms. The van der Waals surface area contributed by atoms with Crippen LogP contribution in [-0.4, -0.2) is 55.0 Å². The molecule has 0 aliphatic carbocycles. The summed E-state index contributed by atoms with van der Waals surface area (Å²) < 4.78 is 65.4. The minimum atomic E-state index is -3.69. The van der Waals surface area contributed by atoms with Gasteiger partial charge in [0.2, 0.25) is 0 Å². The van der Waals surface area contributed by atoms with Crippen molar-refractivity contribution in [2.75, 3.05) is 13.7 Å². The van der Waals surface area contributed by atoms with Crippen molar-refractivity contribution < 1.29 is 41.5 Å². The minimum Gasteiger partial charge on any atom is -0.467 e. The predicted molar refractivity (Wildman–Crippen MR) is 90.3 cm³/mol. The second kappa shape index (κ2) is 7.62. The average Bonchev–Trinajstić information content (AvgIpc) is 3.27. The van der Waals surface area contributed by atoms with Crippen molar-refractivity contribution in [2.24, 2.45) is 5.16 Å². The molecule has 7 nitrogen and oxygen atoms in total. The van der Waals surface area contributed by atoms with Gasteiger partial charge in [-0.25, -0.2) is 22.4 Å². The molecule has 0 saturated carbocycles. The molecule has 158 valence electrons. The molecule has 3 rings (SSSR count). The maximum atomic E-state index is 14.4. The summed E-state index contributed by atoms with van der Waals surface area (Å²) in [4.78, 5) is 29.1. The van der Waals surface area contributed by atoms with Gasteiger partial charge in [-0.3, -0.25) is 4.79 Å². The molecule has 2 aliphatic rings. The number of esters is 1. The Morgan fingerprint density at radius 1 is 1.28 bits per heavy atom. The van der Waals surface area contributed by atoms with Crippen LogP contribution in [-0.2, 0) is 23.9 Å². The third-order valence-electron chi connectivity index (χ3n) is 4.80. The number of nitrogens with one attached hydrogen (secondary N) is 1. The van der Waals surface area contributed by atoms with Crippen LogP contribution in [0, 0.1) is 11.6 Å². The fourth-order valence-corrected chi connectivity index (χ4v) is 3.19. The molecule has 1 amide bonds. The molecule has 1 saturated heterocycles. The smallest absolute Gasteiger partial charge is 0.335 e. The maximum absolute atomic E-state index is 14.4. The lowest BCUT2D eigenvalue weighted by Gasteiger charge is -2.31. The zero-order valence-corrected chi connectivity index (χ0v) is 15.5. The number of hydrogen-bond acceptors (Lipinski definition) is 6. The van der Waals surface area contributed by atoms with Crippen molar-refractivity contribution in [2.45, 2.75) is 43.4 Å². The van der Waals surface area contributed by atoms with E-state index in [-0.39, 0.29) is 24.3 Å². The summed E-state index contributed by atoms with van der Waals surface area (Å²) in [6, 6.07) is 1.69. The van der Waals surface area contributed by atoms with Crippen molar-refractivity contribution in [3.05, 3.63) is 35.4 Å². The van der Waals surface area contributed by atoms with Gasteiger partial charge in [0.25, 0.3) is 17.4 Å². The first kappa shape index (κ1) is 21.0. The van der Waals surface area contributed by atoms with Crippen molar-refractivity contribution in [1.82, 2.24) is 5.32 Å². The Morgan fingerprint density at radius 3 is 2.52 bits per heavy atom. The van der Waals surface area contributed by atoms with Gasteiger partial charge in [0.15, 0.2) is 6.10 Å². The zero-order valence-electron chi connectivity index (χ0n) is 15.5. The van der Waals surface area contributed by atoms with Gasteiger partial charge in [0, 0.05) is 25.0 Å². The summed E-state index contributed by atoms with van der Waals surface area (Å²) >= 11 is 0. The zero-order chi connectivity index (χ0) is 21.4. The standard InChI is InChI=1S/C18H18F4N2O5/c1-17(21,22)18(16(26)23-12-6-14(28-8-12)15(25)27-2)7-13(24-29-18)9-3-10(19)5-11(20)4-9/h3-5,12,14H,6-8H2,1-2H3,(H,23,26)/t12-,14-,18-/m1/s1. The lowest BCUT2D eigenvalue weighted by atomic mass is 9.87. The molecular weight excluding hydrogens is 400 g/mol. The third kappa shape index (κ3) is 4.04. The van der Waals surface area contributed by atoms with E-state index >= 15 is 0 Å². The van der Waals surface area contributed by atoms with Crippen LogP contribution in [0.2, 0.25) is 0 Å². The lowest BCUT2D eigenvalue weighted by Crippen LogP contribution is -2.59. The van der Waals surface area contributed by atoms with Gasteiger partial charge in [-0.15, -0.1) is 0 Å². The van der Waals surface area contributed by atoms with Crippen molar-refractivity contribution in [3.63, 3.8) is 0 Å². The van der Waals surface area contributed by atoms with E-state index in [4.69, 9.17) is 9.57 Å². The summed E-state index contributed by atoms with van der Waals surface area (Å²) in [6.07, 6.45) is -1.60. The van der Waals surface area contributed by atoms with Gasteiger partial charge in [0.05, 0.1) is 31.9 Å². The van der Waals surface area contributed by atoms with Gasteiger partial charge in [0.1, 0.15) is 11.6 Å². The number of halogens is 4. The van der Waals surface area contributed by atoms with Crippen molar-refractivity contribution in [1.29, 1.82) is 0 Å². The number of rotatable bonds is 5. The molecule has 2 aliphatic heterocycles. The number of benzene rings is 1. The number of amides is 1. The quantitative estimate of drug-likeness (QED) is 0.584. The summed E-state index contributed by atoms with van der Waals surface area (Å²) in [7, 11) is 1.17. The first-order chi connectivity index (χ1) is 13.6. The van der Waals surface area contributed by atoms with E-state index in [2.05, 4.69) is 15.2 Å². The fourth-order valence-electron chi connectivity index (χ4n) is 3.19. The number of carbonyl (C=O) groups is 2. The number of alkyl halides is 2. The molecule has 0 radical (unpaired) electrons. The van der Waals surface area contributed by atoms with Crippen LogP contribution >= 0.6 is 0 Å². The average molecular weight is 418 g/mol. The second-order valence-corrected chi connectivity index (χ2v) is 6.93. The van der Waals surface area contributed by atoms with Crippen LogP contribution in [0.5, 0.6) is 0 Å². The third-order valence-corrected chi connectivity index (χ3v) is 4.80. The first-order valence-corrected chi connectivity index (χ1v) is 8.65. The summed E-state index contributed by atoms with van der Waals surface area (Å²) in [5.74, 6) is -7.36. The Kier molecular flexibility index (Phi) is 5.52. The largest absolute Gasteiger partial charge is 0.467 e. The normalized spacial score (nSPS) is 26.6. The van der Waals surface area contributed by atoms with Crippen LogP contribution in [0.15, 0.2) is 23.4 Å². The number of methoxy groups -OCH3 is 1. The Labute approximate surface area is 163 Å². The van der Waals surface area contributed by atoms with Gasteiger partial charge in [-0.2, -0.15) is 0 Å². The fraction of sp³-hybridized carbons (Fsp3) is 0.500. The molecule has 2 heterocycles. The molecule has 0 bridgehead atoms. The van der Waals surface area contributed by atoms with Gasteiger partial charge in [-0.1, -0.05) is 5.16 Å². The van der Waals surface area contributed by atoms with Gasteiger partial charge in [-0.05, 0) is 12.1 Å². The Bertz CT molecular complexity index is 837. The molecule has 1 aromatic carbocycles. The summed E-state index contributed by atoms with van der Waals surface area (Å²) in [5, 5.41) is 5.87. The topological polar surface area (TPSA) is 86.2 Å². The number of ether oxygens (including phenoxy) is 2. The van der Waals surface area contributed by atoms with E-state index in [9.17, 15) is 27.2 Å². The van der Waals surface area contributed by atoms with Crippen LogP contribution in [0.25, 0.3) is 0 Å². The van der Waals surface area contributed by atoms with Crippen LogP contribution < -0.4 is 5.32 Å². The first-order valence-electron chi connectivity index (χ1n) is 8.65. The highest BCUT2D eigenvalue weighted by molar-refractivity contribution is 6.06. The molecule has 3 atom stereocenters. The highest BCUT2D eigenvalue weighted by atomic mass is 19.3. The molecule has 0 unspecified atom stereocenters. The van der Waals surface area contributed by atoms with Crippen LogP contribution in [0.3, 0.4) is 0 Å². The van der Waals surface area contributed by atoms with E-state index in [1.54, 1.807) is 0 Å². The van der Waals surface area contributed by atoms with Crippen molar-refractivity contribution in [3.8, 4) is 0 Å². The molecule has 1 aromatic rings. The van der Waals surface area contributed by atoms with Crippen LogP contribution in [0.1, 0.15) is 25.3 Å². The minimum absolute atomic E-state index is 0.0343. The molecule has 0 spiro atoms. The predicted octanol–water partition coefficient (Wildman–Crippen LogP) is 1.93. The Hall–Kier alpha value is -2.69. The lowest BCUT2D eigenvalue weighted by molar-refractivity contribution is -0.195. The van der Waals surface area contributed by atoms with Gasteiger partial charge >= 0.3 is 5.97 Å². The molecule has 11 heteroatoms. The highest BCUT2D eigenvalue weighted by Gasteiger charge is 2.62. The van der Waals surface area contributed by atoms with Crippen LogP contribution in [0.4, 0.5) is 17.6 Å².